The maximum Gasteiger partial charge on any atom is 0.0641 e. The summed E-state index contributed by atoms with van der Waals surface area (Å²) >= 11 is 0. The van der Waals surface area contributed by atoms with Crippen LogP contribution in [0.1, 0.15) is 37.7 Å². The van der Waals surface area contributed by atoms with Crippen LogP contribution in [0, 0.1) is 25.7 Å². The van der Waals surface area contributed by atoms with Crippen molar-refractivity contribution >= 4 is 0 Å². The Bertz CT molecular complexity index is 339. The molecule has 3 nitrogen and oxygen atoms in total. The summed E-state index contributed by atoms with van der Waals surface area (Å²) in [5.41, 5.74) is 3.75. The van der Waals surface area contributed by atoms with Crippen LogP contribution in [0.3, 0.4) is 0 Å². The number of nitrogens with zero attached hydrogens (tertiary/aromatic N) is 2. The summed E-state index contributed by atoms with van der Waals surface area (Å²) in [6.07, 6.45) is 0. The lowest BCUT2D eigenvalue weighted by molar-refractivity contribution is 0.392. The van der Waals surface area contributed by atoms with Crippen LogP contribution in [0.15, 0.2) is 0 Å². The van der Waals surface area contributed by atoms with E-state index in [1.165, 1.54) is 11.3 Å². The first-order valence-corrected chi connectivity index (χ1v) is 6.13. The zero-order valence-corrected chi connectivity index (χ0v) is 11.5. The van der Waals surface area contributed by atoms with E-state index in [-0.39, 0.29) is 0 Å². The molecular formula is C13H25N3. The Hall–Kier alpha value is -0.830. The second kappa shape index (κ2) is 5.48. The van der Waals surface area contributed by atoms with Gasteiger partial charge in [0, 0.05) is 24.8 Å². The first-order valence-electron chi connectivity index (χ1n) is 6.13. The standard InChI is InChI=1S/C13H25N3/c1-9(2)10(3)7-14-8-13-11(4)15-16(6)12(13)5/h9-10,14H,7-8H2,1-6H3. The number of rotatable bonds is 5. The second-order valence-electron chi connectivity index (χ2n) is 5.13. The highest BCUT2D eigenvalue weighted by Gasteiger charge is 2.10. The molecule has 0 aliphatic carbocycles. The molecule has 0 spiro atoms. The SMILES string of the molecule is Cc1nn(C)c(C)c1CNCC(C)C(C)C. The number of aryl methyl sites for hydroxylation is 2. The summed E-state index contributed by atoms with van der Waals surface area (Å²) in [4.78, 5) is 0. The quantitative estimate of drug-likeness (QED) is 0.831. The van der Waals surface area contributed by atoms with Gasteiger partial charge in [0.15, 0.2) is 0 Å². The third kappa shape index (κ3) is 3.08. The minimum atomic E-state index is 0.720. The van der Waals surface area contributed by atoms with Crippen LogP contribution in [0.2, 0.25) is 0 Å². The number of hydrogen-bond acceptors (Lipinski definition) is 2. The Morgan fingerprint density at radius 3 is 2.31 bits per heavy atom. The average Bonchev–Trinajstić information content (AvgIpc) is 2.44. The van der Waals surface area contributed by atoms with E-state index in [1.54, 1.807) is 0 Å². The van der Waals surface area contributed by atoms with E-state index in [4.69, 9.17) is 0 Å². The van der Waals surface area contributed by atoms with Crippen LogP contribution >= 0.6 is 0 Å². The molecule has 0 fully saturated rings. The van der Waals surface area contributed by atoms with Gasteiger partial charge < -0.3 is 5.32 Å². The summed E-state index contributed by atoms with van der Waals surface area (Å²) in [7, 11) is 2.00. The first-order chi connectivity index (χ1) is 7.43. The van der Waals surface area contributed by atoms with Crippen molar-refractivity contribution in [3.8, 4) is 0 Å². The van der Waals surface area contributed by atoms with Gasteiger partial charge in [0.05, 0.1) is 5.69 Å². The van der Waals surface area contributed by atoms with Crippen LogP contribution in [0.5, 0.6) is 0 Å². The maximum absolute atomic E-state index is 4.42. The van der Waals surface area contributed by atoms with Gasteiger partial charge in [-0.05, 0) is 32.2 Å². The molecule has 1 aromatic rings. The minimum Gasteiger partial charge on any atom is -0.312 e. The van der Waals surface area contributed by atoms with E-state index < -0.39 is 0 Å². The van der Waals surface area contributed by atoms with Gasteiger partial charge in [-0.2, -0.15) is 5.10 Å². The Morgan fingerprint density at radius 2 is 1.88 bits per heavy atom. The smallest absolute Gasteiger partial charge is 0.0641 e. The Balaban J connectivity index is 2.49. The lowest BCUT2D eigenvalue weighted by Gasteiger charge is -2.16. The van der Waals surface area contributed by atoms with E-state index in [0.29, 0.717) is 0 Å². The Labute approximate surface area is 99.2 Å². The third-order valence-corrected chi connectivity index (χ3v) is 3.57. The zero-order valence-electron chi connectivity index (χ0n) is 11.5. The topological polar surface area (TPSA) is 29.9 Å². The fraction of sp³-hybridized carbons (Fsp3) is 0.769. The Kier molecular flexibility index (Phi) is 4.54. The van der Waals surface area contributed by atoms with E-state index in [0.717, 1.165) is 30.6 Å². The molecule has 0 aliphatic rings. The third-order valence-electron chi connectivity index (χ3n) is 3.57. The van der Waals surface area contributed by atoms with Crippen molar-refractivity contribution in [2.45, 2.75) is 41.2 Å². The van der Waals surface area contributed by atoms with E-state index in [1.807, 2.05) is 11.7 Å². The molecule has 0 amide bonds. The highest BCUT2D eigenvalue weighted by molar-refractivity contribution is 5.23. The zero-order chi connectivity index (χ0) is 12.3. The first kappa shape index (κ1) is 13.2. The molecule has 3 heteroatoms. The van der Waals surface area contributed by atoms with Crippen molar-refractivity contribution in [1.29, 1.82) is 0 Å². The predicted molar refractivity (Wildman–Crippen MR) is 68.4 cm³/mol. The van der Waals surface area contributed by atoms with Gasteiger partial charge >= 0.3 is 0 Å². The van der Waals surface area contributed by atoms with Gasteiger partial charge in [0.1, 0.15) is 0 Å². The molecule has 0 saturated carbocycles. The number of aromatic nitrogens is 2. The second-order valence-corrected chi connectivity index (χ2v) is 5.13. The monoisotopic (exact) mass is 223 g/mol. The largest absolute Gasteiger partial charge is 0.312 e. The fourth-order valence-corrected chi connectivity index (χ4v) is 1.73. The van der Waals surface area contributed by atoms with Crippen LogP contribution in [0.25, 0.3) is 0 Å². The average molecular weight is 223 g/mol. The molecule has 1 rings (SSSR count). The molecule has 0 saturated heterocycles. The lowest BCUT2D eigenvalue weighted by atomic mass is 9.98. The molecule has 1 unspecified atom stereocenters. The fourth-order valence-electron chi connectivity index (χ4n) is 1.73. The minimum absolute atomic E-state index is 0.720. The summed E-state index contributed by atoms with van der Waals surface area (Å²) < 4.78 is 1.96. The van der Waals surface area contributed by atoms with Gasteiger partial charge in [0.2, 0.25) is 0 Å². The molecule has 1 N–H and O–H groups in total. The van der Waals surface area contributed by atoms with Crippen LogP contribution in [0.4, 0.5) is 0 Å². The van der Waals surface area contributed by atoms with Crippen LogP contribution < -0.4 is 5.32 Å². The Morgan fingerprint density at radius 1 is 1.25 bits per heavy atom. The highest BCUT2D eigenvalue weighted by atomic mass is 15.3. The highest BCUT2D eigenvalue weighted by Crippen LogP contribution is 2.12. The molecule has 16 heavy (non-hydrogen) atoms. The summed E-state index contributed by atoms with van der Waals surface area (Å²) in [5.74, 6) is 1.46. The normalized spacial score (nSPS) is 13.4. The molecule has 0 aromatic carbocycles. The molecule has 0 radical (unpaired) electrons. The van der Waals surface area contributed by atoms with E-state index >= 15 is 0 Å². The molecule has 1 aromatic heterocycles. The molecule has 1 heterocycles. The number of nitrogens with one attached hydrogen (secondary N) is 1. The van der Waals surface area contributed by atoms with Crippen molar-refractivity contribution in [3.05, 3.63) is 17.0 Å². The van der Waals surface area contributed by atoms with Crippen molar-refractivity contribution in [2.24, 2.45) is 18.9 Å². The van der Waals surface area contributed by atoms with Gasteiger partial charge in [0.25, 0.3) is 0 Å². The molecular weight excluding hydrogens is 198 g/mol. The van der Waals surface area contributed by atoms with Crippen molar-refractivity contribution < 1.29 is 0 Å². The van der Waals surface area contributed by atoms with Crippen molar-refractivity contribution in [3.63, 3.8) is 0 Å². The van der Waals surface area contributed by atoms with E-state index in [9.17, 15) is 0 Å². The van der Waals surface area contributed by atoms with Gasteiger partial charge in [-0.1, -0.05) is 20.8 Å². The van der Waals surface area contributed by atoms with Gasteiger partial charge in [-0.3, -0.25) is 4.68 Å². The molecule has 0 aliphatic heterocycles. The van der Waals surface area contributed by atoms with Gasteiger partial charge in [-0.15, -0.1) is 0 Å². The number of hydrogen-bond donors (Lipinski definition) is 1. The van der Waals surface area contributed by atoms with Gasteiger partial charge in [-0.25, -0.2) is 0 Å². The van der Waals surface area contributed by atoms with E-state index in [2.05, 4.69) is 45.0 Å². The molecule has 0 bridgehead atoms. The van der Waals surface area contributed by atoms with Crippen molar-refractivity contribution in [1.82, 2.24) is 15.1 Å². The molecule has 1 atom stereocenters. The summed E-state index contributed by atoms with van der Waals surface area (Å²) in [5, 5.41) is 7.94. The summed E-state index contributed by atoms with van der Waals surface area (Å²) in [6.45, 7) is 13.0. The van der Waals surface area contributed by atoms with Crippen molar-refractivity contribution in [2.75, 3.05) is 6.54 Å². The van der Waals surface area contributed by atoms with Crippen LogP contribution in [-0.4, -0.2) is 16.3 Å². The lowest BCUT2D eigenvalue weighted by Crippen LogP contribution is -2.24. The maximum atomic E-state index is 4.42. The molecule has 92 valence electrons. The van der Waals surface area contributed by atoms with Crippen LogP contribution in [-0.2, 0) is 13.6 Å². The predicted octanol–water partition coefficient (Wildman–Crippen LogP) is 2.42. The summed E-state index contributed by atoms with van der Waals surface area (Å²) in [6, 6.07) is 0.